The maximum Gasteiger partial charge on any atom is 0.163 e. The maximum absolute atomic E-state index is 5.29. The van der Waals surface area contributed by atoms with E-state index in [1.54, 1.807) is 18.1 Å². The van der Waals surface area contributed by atoms with Gasteiger partial charge in [0.25, 0.3) is 0 Å². The Morgan fingerprint density at radius 2 is 2.47 bits per heavy atom. The Labute approximate surface area is 110 Å². The van der Waals surface area contributed by atoms with E-state index in [-0.39, 0.29) is 17.0 Å². The number of rotatable bonds is 5. The molecule has 15 heavy (non-hydrogen) atoms. The van der Waals surface area contributed by atoms with Gasteiger partial charge in [-0.25, -0.2) is 4.98 Å². The summed E-state index contributed by atoms with van der Waals surface area (Å²) in [7, 11) is 0. The summed E-state index contributed by atoms with van der Waals surface area (Å²) in [6, 6.07) is 0. The number of nitrogens with two attached hydrogens (primary N) is 1. The molecule has 4 nitrogen and oxygen atoms in total. The average Bonchev–Trinajstić information content (AvgIpc) is 2.51. The van der Waals surface area contributed by atoms with Crippen LogP contribution < -0.4 is 11.1 Å². The van der Waals surface area contributed by atoms with E-state index in [1.165, 1.54) is 0 Å². The summed E-state index contributed by atoms with van der Waals surface area (Å²) in [6.07, 6.45) is 1.72. The molecule has 1 heterocycles. The summed E-state index contributed by atoms with van der Waals surface area (Å²) in [6.45, 7) is 2.83. The SMILES string of the molecule is Br.Cc1[nH]cnc1CSCCNC(N)=S. The first kappa shape index (κ1) is 14.7. The van der Waals surface area contributed by atoms with Gasteiger partial charge in [-0.1, -0.05) is 0 Å². The first-order valence-corrected chi connectivity index (χ1v) is 5.86. The van der Waals surface area contributed by atoms with Gasteiger partial charge in [-0.15, -0.1) is 17.0 Å². The zero-order chi connectivity index (χ0) is 10.4. The second kappa shape index (κ2) is 7.95. The second-order valence-corrected chi connectivity index (χ2v) is 4.36. The van der Waals surface area contributed by atoms with Crippen LogP contribution in [0.25, 0.3) is 0 Å². The smallest absolute Gasteiger partial charge is 0.163 e. The molecule has 0 aromatic carbocycles. The van der Waals surface area contributed by atoms with Crippen molar-refractivity contribution in [1.29, 1.82) is 0 Å². The molecular weight excluding hydrogens is 296 g/mol. The first-order chi connectivity index (χ1) is 6.70. The largest absolute Gasteiger partial charge is 0.376 e. The Bertz CT molecular complexity index is 303. The van der Waals surface area contributed by atoms with Crippen molar-refractivity contribution in [3.63, 3.8) is 0 Å². The summed E-state index contributed by atoms with van der Waals surface area (Å²) in [5.74, 6) is 1.90. The quantitative estimate of drug-likeness (QED) is 0.566. The lowest BCUT2D eigenvalue weighted by molar-refractivity contribution is 0.982. The lowest BCUT2D eigenvalue weighted by atomic mass is 10.4. The van der Waals surface area contributed by atoms with E-state index < -0.39 is 0 Å². The molecule has 0 atom stereocenters. The van der Waals surface area contributed by atoms with E-state index >= 15 is 0 Å². The zero-order valence-corrected chi connectivity index (χ0v) is 11.8. The summed E-state index contributed by atoms with van der Waals surface area (Å²) in [5.41, 5.74) is 7.54. The van der Waals surface area contributed by atoms with Crippen LogP contribution in [0.3, 0.4) is 0 Å². The number of halogens is 1. The molecular formula is C8H15BrN4S2. The summed E-state index contributed by atoms with van der Waals surface area (Å²) in [4.78, 5) is 7.25. The van der Waals surface area contributed by atoms with Gasteiger partial charge in [-0.2, -0.15) is 11.8 Å². The van der Waals surface area contributed by atoms with E-state index in [1.807, 2.05) is 6.92 Å². The van der Waals surface area contributed by atoms with Crippen LogP contribution in [0.1, 0.15) is 11.4 Å². The van der Waals surface area contributed by atoms with Gasteiger partial charge in [0.2, 0.25) is 0 Å². The number of aryl methyl sites for hydroxylation is 1. The van der Waals surface area contributed by atoms with Crippen LogP contribution >= 0.6 is 41.0 Å². The molecule has 0 aliphatic carbocycles. The third-order valence-electron chi connectivity index (χ3n) is 1.72. The van der Waals surface area contributed by atoms with E-state index in [0.717, 1.165) is 29.4 Å². The standard InChI is InChI=1S/C8H14N4S2.BrH/c1-6-7(12-5-11-6)4-14-3-2-10-8(9)13;/h5H,2-4H2,1H3,(H,11,12)(H3,9,10,13);1H. The van der Waals surface area contributed by atoms with Crippen LogP contribution in [0, 0.1) is 6.92 Å². The van der Waals surface area contributed by atoms with Crippen molar-refractivity contribution in [1.82, 2.24) is 15.3 Å². The molecule has 1 aromatic heterocycles. The van der Waals surface area contributed by atoms with Crippen LogP contribution in [0.15, 0.2) is 6.33 Å². The first-order valence-electron chi connectivity index (χ1n) is 4.30. The van der Waals surface area contributed by atoms with Gasteiger partial charge in [0.1, 0.15) is 0 Å². The minimum Gasteiger partial charge on any atom is -0.376 e. The molecule has 4 N–H and O–H groups in total. The topological polar surface area (TPSA) is 66.7 Å². The Hall–Kier alpha value is -0.270. The Morgan fingerprint density at radius 3 is 3.00 bits per heavy atom. The Balaban J connectivity index is 0.00000196. The lowest BCUT2D eigenvalue weighted by Crippen LogP contribution is -2.30. The fraction of sp³-hybridized carbons (Fsp3) is 0.500. The minimum absolute atomic E-state index is 0. The molecule has 0 saturated carbocycles. The molecule has 0 saturated heterocycles. The van der Waals surface area contributed by atoms with Crippen molar-refractivity contribution in [3.8, 4) is 0 Å². The van der Waals surface area contributed by atoms with Gasteiger partial charge < -0.3 is 16.0 Å². The van der Waals surface area contributed by atoms with Crippen LogP contribution in [0.2, 0.25) is 0 Å². The lowest BCUT2D eigenvalue weighted by Gasteiger charge is -2.02. The van der Waals surface area contributed by atoms with Gasteiger partial charge in [0.15, 0.2) is 5.11 Å². The summed E-state index contributed by atoms with van der Waals surface area (Å²) >= 11 is 6.49. The molecule has 0 bridgehead atoms. The fourth-order valence-electron chi connectivity index (χ4n) is 0.948. The number of imidazole rings is 1. The number of aromatic amines is 1. The Kier molecular flexibility index (Phi) is 7.81. The summed E-state index contributed by atoms with van der Waals surface area (Å²) in [5, 5.41) is 3.26. The van der Waals surface area contributed by atoms with Crippen molar-refractivity contribution in [2.75, 3.05) is 12.3 Å². The molecule has 86 valence electrons. The van der Waals surface area contributed by atoms with Crippen molar-refractivity contribution < 1.29 is 0 Å². The number of aromatic nitrogens is 2. The van der Waals surface area contributed by atoms with Gasteiger partial charge in [0.05, 0.1) is 12.0 Å². The van der Waals surface area contributed by atoms with E-state index in [4.69, 9.17) is 5.73 Å². The molecule has 0 amide bonds. The molecule has 0 unspecified atom stereocenters. The number of nitrogens with zero attached hydrogens (tertiary/aromatic N) is 1. The number of hydrogen-bond donors (Lipinski definition) is 3. The van der Waals surface area contributed by atoms with E-state index in [0.29, 0.717) is 5.11 Å². The maximum atomic E-state index is 5.29. The number of thioether (sulfide) groups is 1. The Morgan fingerprint density at radius 1 is 1.73 bits per heavy atom. The second-order valence-electron chi connectivity index (χ2n) is 2.82. The van der Waals surface area contributed by atoms with Crippen LogP contribution in [-0.2, 0) is 5.75 Å². The van der Waals surface area contributed by atoms with Crippen molar-refractivity contribution >= 4 is 46.1 Å². The van der Waals surface area contributed by atoms with E-state index in [2.05, 4.69) is 27.5 Å². The molecule has 0 fully saturated rings. The average molecular weight is 311 g/mol. The van der Waals surface area contributed by atoms with Crippen molar-refractivity contribution in [2.45, 2.75) is 12.7 Å². The number of thiocarbonyl (C=S) groups is 1. The van der Waals surface area contributed by atoms with Gasteiger partial charge in [-0.3, -0.25) is 0 Å². The molecule has 1 rings (SSSR count). The van der Waals surface area contributed by atoms with Gasteiger partial charge >= 0.3 is 0 Å². The highest BCUT2D eigenvalue weighted by Gasteiger charge is 1.99. The van der Waals surface area contributed by atoms with Crippen molar-refractivity contribution in [3.05, 3.63) is 17.7 Å². The fourth-order valence-corrected chi connectivity index (χ4v) is 1.93. The molecule has 1 aromatic rings. The minimum atomic E-state index is 0. The van der Waals surface area contributed by atoms with Crippen molar-refractivity contribution in [2.24, 2.45) is 5.73 Å². The van der Waals surface area contributed by atoms with Crippen LogP contribution in [-0.4, -0.2) is 27.4 Å². The third kappa shape index (κ3) is 6.01. The highest BCUT2D eigenvalue weighted by Crippen LogP contribution is 2.11. The van der Waals surface area contributed by atoms with Crippen LogP contribution in [0.5, 0.6) is 0 Å². The predicted octanol–water partition coefficient (Wildman–Crippen LogP) is 1.36. The molecule has 0 aliphatic heterocycles. The third-order valence-corrected chi connectivity index (χ3v) is 2.83. The predicted molar refractivity (Wildman–Crippen MR) is 74.6 cm³/mol. The molecule has 0 aliphatic rings. The normalized spacial score (nSPS) is 9.40. The van der Waals surface area contributed by atoms with Crippen LogP contribution in [0.4, 0.5) is 0 Å². The molecule has 0 spiro atoms. The number of hydrogen-bond acceptors (Lipinski definition) is 3. The van der Waals surface area contributed by atoms with Gasteiger partial charge in [-0.05, 0) is 19.1 Å². The highest BCUT2D eigenvalue weighted by molar-refractivity contribution is 8.93. The molecule has 7 heteroatoms. The molecule has 0 radical (unpaired) electrons. The highest BCUT2D eigenvalue weighted by atomic mass is 79.9. The van der Waals surface area contributed by atoms with Gasteiger partial charge in [0, 0.05) is 23.7 Å². The number of nitrogens with one attached hydrogen (secondary N) is 2. The zero-order valence-electron chi connectivity index (χ0n) is 8.45. The monoisotopic (exact) mass is 310 g/mol. The number of H-pyrrole nitrogens is 1. The van der Waals surface area contributed by atoms with E-state index in [9.17, 15) is 0 Å². The summed E-state index contributed by atoms with van der Waals surface area (Å²) < 4.78 is 0.